The highest BCUT2D eigenvalue weighted by Gasteiger charge is 2.30. The Morgan fingerprint density at radius 2 is 1.38 bits per heavy atom. The summed E-state index contributed by atoms with van der Waals surface area (Å²) in [6, 6.07) is 16.8. The van der Waals surface area contributed by atoms with E-state index < -0.39 is 0 Å². The second-order valence-corrected chi connectivity index (χ2v) is 5.91. The van der Waals surface area contributed by atoms with Gasteiger partial charge in [0.15, 0.2) is 12.7 Å². The molecule has 0 bridgehead atoms. The monoisotopic (exact) mass is 434 g/mol. The minimum atomic E-state index is 0. The Balaban J connectivity index is 0.00000208. The van der Waals surface area contributed by atoms with E-state index in [-0.39, 0.29) is 24.0 Å². The zero-order valence-electron chi connectivity index (χ0n) is 14.8. The van der Waals surface area contributed by atoms with Crippen molar-refractivity contribution in [2.75, 3.05) is 7.11 Å². The largest absolute Gasteiger partial charge is 1.00 e. The maximum absolute atomic E-state index is 5.86. The number of aryl methyl sites for hydroxylation is 2. The van der Waals surface area contributed by atoms with Gasteiger partial charge in [0.1, 0.15) is 0 Å². The second kappa shape index (κ2) is 7.38. The third-order valence-corrected chi connectivity index (χ3v) is 4.53. The number of methoxy groups -OCH3 is 1. The molecule has 126 valence electrons. The molecule has 0 saturated heterocycles. The molecule has 0 aliphatic heterocycles. The number of hydrogen-bond donors (Lipinski definition) is 0. The predicted octanol–water partition coefficient (Wildman–Crippen LogP) is 0.813. The van der Waals surface area contributed by atoms with Crippen LogP contribution in [-0.2, 0) is 14.1 Å². The zero-order chi connectivity index (χ0) is 16.6. The smallest absolute Gasteiger partial charge is 0.280 e. The van der Waals surface area contributed by atoms with Crippen LogP contribution in [0.15, 0.2) is 48.5 Å². The number of ether oxygens (including phenoxy) is 1. The summed E-state index contributed by atoms with van der Waals surface area (Å²) in [5.74, 6) is 0.915. The Bertz CT molecular complexity index is 799. The van der Waals surface area contributed by atoms with Crippen LogP contribution in [0.1, 0.15) is 11.1 Å². The van der Waals surface area contributed by atoms with Crippen molar-refractivity contribution in [3.8, 4) is 28.3 Å². The highest BCUT2D eigenvalue weighted by molar-refractivity contribution is 5.79. The summed E-state index contributed by atoms with van der Waals surface area (Å²) in [5, 5.41) is 0. The van der Waals surface area contributed by atoms with E-state index >= 15 is 0 Å². The molecule has 0 amide bonds. The van der Waals surface area contributed by atoms with Crippen molar-refractivity contribution in [1.29, 1.82) is 0 Å². The predicted molar refractivity (Wildman–Crippen MR) is 93.5 cm³/mol. The van der Waals surface area contributed by atoms with Crippen LogP contribution in [0.2, 0.25) is 0 Å². The van der Waals surface area contributed by atoms with Crippen molar-refractivity contribution in [2.45, 2.75) is 13.8 Å². The van der Waals surface area contributed by atoms with E-state index in [4.69, 9.17) is 4.74 Å². The molecule has 0 spiro atoms. The number of benzene rings is 2. The lowest BCUT2D eigenvalue weighted by molar-refractivity contribution is -0.740. The molecule has 0 aliphatic carbocycles. The fourth-order valence-electron chi connectivity index (χ4n) is 3.17. The lowest BCUT2D eigenvalue weighted by Gasteiger charge is -2.06. The van der Waals surface area contributed by atoms with Gasteiger partial charge in [0.2, 0.25) is 5.75 Å². The molecule has 0 saturated carbocycles. The van der Waals surface area contributed by atoms with Crippen molar-refractivity contribution in [3.63, 3.8) is 0 Å². The Kier molecular flexibility index (Phi) is 5.70. The molecule has 3 aromatic rings. The molecule has 0 unspecified atom stereocenters. The summed E-state index contributed by atoms with van der Waals surface area (Å²) in [7, 11) is 5.90. The fourth-order valence-corrected chi connectivity index (χ4v) is 3.17. The molecule has 3 rings (SSSR count). The summed E-state index contributed by atoms with van der Waals surface area (Å²) >= 11 is 0. The third-order valence-electron chi connectivity index (χ3n) is 4.53. The quantitative estimate of drug-likeness (QED) is 0.441. The Labute approximate surface area is 160 Å². The number of aromatic nitrogens is 2. The molecule has 2 aromatic carbocycles. The van der Waals surface area contributed by atoms with Gasteiger partial charge in [-0.1, -0.05) is 42.5 Å². The summed E-state index contributed by atoms with van der Waals surface area (Å²) in [6.07, 6.45) is 0. The van der Waals surface area contributed by atoms with Gasteiger partial charge in [0.05, 0.1) is 19.7 Å². The zero-order valence-corrected chi connectivity index (χ0v) is 17.0. The topological polar surface area (TPSA) is 18.0 Å². The SMILES string of the molecule is COc1c(-c2ccccc2C)n(C)[n+](C)c1-c1ccccc1C.[I-]. The first-order chi connectivity index (χ1) is 11.1. The molecular formula is C20H23IN2O. The van der Waals surface area contributed by atoms with Crippen LogP contribution >= 0.6 is 0 Å². The first-order valence-corrected chi connectivity index (χ1v) is 7.81. The van der Waals surface area contributed by atoms with E-state index in [2.05, 4.69) is 85.8 Å². The van der Waals surface area contributed by atoms with Crippen molar-refractivity contribution < 1.29 is 33.4 Å². The van der Waals surface area contributed by atoms with Gasteiger partial charge in [-0.05, 0) is 31.0 Å². The third kappa shape index (κ3) is 2.95. The molecule has 1 heterocycles. The average molecular weight is 434 g/mol. The molecule has 1 aromatic heterocycles. The van der Waals surface area contributed by atoms with E-state index in [1.54, 1.807) is 7.11 Å². The van der Waals surface area contributed by atoms with Crippen LogP contribution < -0.4 is 33.4 Å². The van der Waals surface area contributed by atoms with Crippen molar-refractivity contribution >= 4 is 0 Å². The first-order valence-electron chi connectivity index (χ1n) is 7.81. The van der Waals surface area contributed by atoms with Gasteiger partial charge in [-0.15, -0.1) is 4.68 Å². The molecular weight excluding hydrogens is 411 g/mol. The van der Waals surface area contributed by atoms with Gasteiger partial charge in [0.25, 0.3) is 5.69 Å². The molecule has 24 heavy (non-hydrogen) atoms. The first kappa shape index (κ1) is 18.5. The number of halogens is 1. The fraction of sp³-hybridized carbons (Fsp3) is 0.250. The minimum absolute atomic E-state index is 0. The maximum atomic E-state index is 5.86. The molecule has 0 radical (unpaired) electrons. The Morgan fingerprint density at radius 1 is 0.875 bits per heavy atom. The summed E-state index contributed by atoms with van der Waals surface area (Å²) < 4.78 is 10.2. The van der Waals surface area contributed by atoms with Crippen LogP contribution in [-0.4, -0.2) is 11.8 Å². The van der Waals surface area contributed by atoms with Crippen LogP contribution in [0.5, 0.6) is 5.75 Å². The minimum Gasteiger partial charge on any atom is -1.00 e. The average Bonchev–Trinajstić information content (AvgIpc) is 2.80. The van der Waals surface area contributed by atoms with Gasteiger partial charge in [0, 0.05) is 5.56 Å². The summed E-state index contributed by atoms with van der Waals surface area (Å²) in [5.41, 5.74) is 7.08. The van der Waals surface area contributed by atoms with Gasteiger partial charge in [-0.2, -0.15) is 4.68 Å². The number of hydrogen-bond acceptors (Lipinski definition) is 1. The maximum Gasteiger partial charge on any atom is 0.280 e. The van der Waals surface area contributed by atoms with Crippen LogP contribution in [0.25, 0.3) is 22.5 Å². The van der Waals surface area contributed by atoms with Gasteiger partial charge >= 0.3 is 0 Å². The summed E-state index contributed by atoms with van der Waals surface area (Å²) in [6.45, 7) is 4.27. The van der Waals surface area contributed by atoms with E-state index in [0.717, 1.165) is 17.1 Å². The highest BCUT2D eigenvalue weighted by Crippen LogP contribution is 2.39. The molecule has 0 aliphatic rings. The van der Waals surface area contributed by atoms with Gasteiger partial charge < -0.3 is 28.7 Å². The molecule has 0 N–H and O–H groups in total. The van der Waals surface area contributed by atoms with Crippen molar-refractivity contribution in [2.24, 2.45) is 14.1 Å². The molecule has 3 nitrogen and oxygen atoms in total. The van der Waals surface area contributed by atoms with Crippen molar-refractivity contribution in [3.05, 3.63) is 59.7 Å². The van der Waals surface area contributed by atoms with E-state index in [1.807, 2.05) is 0 Å². The van der Waals surface area contributed by atoms with E-state index in [0.29, 0.717) is 0 Å². The number of nitrogens with zero attached hydrogens (tertiary/aromatic N) is 2. The number of rotatable bonds is 3. The van der Waals surface area contributed by atoms with Crippen LogP contribution in [0.3, 0.4) is 0 Å². The summed E-state index contributed by atoms with van der Waals surface area (Å²) in [4.78, 5) is 0. The highest BCUT2D eigenvalue weighted by atomic mass is 127. The Hall–Kier alpha value is -1.82. The lowest BCUT2D eigenvalue weighted by Crippen LogP contribution is -3.00. The van der Waals surface area contributed by atoms with Crippen LogP contribution in [0, 0.1) is 13.8 Å². The Morgan fingerprint density at radius 3 is 1.88 bits per heavy atom. The molecule has 4 heteroatoms. The normalized spacial score (nSPS) is 10.4. The van der Waals surface area contributed by atoms with E-state index in [9.17, 15) is 0 Å². The standard InChI is InChI=1S/C20H23N2O.HI/c1-14-10-6-8-12-16(14)18-20(23-5)19(22(4)21(18)3)17-13-9-7-11-15(17)2;/h6-13H,1-5H3;1H/q+1;/p-1. The second-order valence-electron chi connectivity index (χ2n) is 5.91. The van der Waals surface area contributed by atoms with E-state index in [1.165, 1.54) is 22.3 Å². The molecule has 0 fully saturated rings. The van der Waals surface area contributed by atoms with Gasteiger partial charge in [-0.3, -0.25) is 0 Å². The lowest BCUT2D eigenvalue weighted by atomic mass is 10.0. The molecule has 0 atom stereocenters. The van der Waals surface area contributed by atoms with Crippen LogP contribution in [0.4, 0.5) is 0 Å². The van der Waals surface area contributed by atoms with Gasteiger partial charge in [-0.25, -0.2) is 0 Å². The van der Waals surface area contributed by atoms with Crippen molar-refractivity contribution in [1.82, 2.24) is 4.68 Å².